The minimum absolute atomic E-state index is 0.0736. The van der Waals surface area contributed by atoms with Crippen molar-refractivity contribution in [2.45, 2.75) is 51.8 Å². The highest BCUT2D eigenvalue weighted by Crippen LogP contribution is 2.57. The van der Waals surface area contributed by atoms with E-state index in [1.165, 1.54) is 10.4 Å². The molecule has 1 saturated carbocycles. The molecule has 3 N–H and O–H groups in total. The summed E-state index contributed by atoms with van der Waals surface area (Å²) >= 11 is 1.84. The van der Waals surface area contributed by atoms with Gasteiger partial charge in [0.1, 0.15) is 0 Å². The van der Waals surface area contributed by atoms with Crippen LogP contribution in [0.1, 0.15) is 37.6 Å². The van der Waals surface area contributed by atoms with E-state index in [2.05, 4.69) is 37.5 Å². The van der Waals surface area contributed by atoms with Crippen LogP contribution in [0.5, 0.6) is 0 Å². The van der Waals surface area contributed by atoms with Crippen LogP contribution >= 0.6 is 11.3 Å². The summed E-state index contributed by atoms with van der Waals surface area (Å²) in [7, 11) is 0. The van der Waals surface area contributed by atoms with E-state index in [0.717, 1.165) is 32.5 Å². The van der Waals surface area contributed by atoms with Crippen LogP contribution in [0, 0.1) is 11.3 Å². The number of nitrogens with one attached hydrogen (secondary N) is 1. The van der Waals surface area contributed by atoms with Gasteiger partial charge in [0.25, 0.3) is 0 Å². The molecule has 2 aliphatic rings. The second kappa shape index (κ2) is 5.09. The van der Waals surface area contributed by atoms with E-state index in [0.29, 0.717) is 12.0 Å². The molecule has 1 aliphatic heterocycles. The van der Waals surface area contributed by atoms with E-state index in [1.807, 2.05) is 11.3 Å². The summed E-state index contributed by atoms with van der Waals surface area (Å²) in [5, 5.41) is 5.79. The van der Waals surface area contributed by atoms with Crippen LogP contribution in [0.3, 0.4) is 0 Å². The van der Waals surface area contributed by atoms with Crippen LogP contribution in [0.25, 0.3) is 0 Å². The maximum Gasteiger partial charge on any atom is 0.0691 e. The van der Waals surface area contributed by atoms with Gasteiger partial charge in [-0.2, -0.15) is 0 Å². The Bertz CT molecular complexity index is 485. The number of nitrogens with two attached hydrogens (primary N) is 1. The van der Waals surface area contributed by atoms with Crippen LogP contribution in [-0.4, -0.2) is 24.8 Å². The predicted molar refractivity (Wildman–Crippen MR) is 84.0 cm³/mol. The zero-order valence-electron chi connectivity index (χ0n) is 12.7. The molecule has 3 rings (SSSR count). The SMILES string of the molecule is CCc1ccsc1CNCC1(N)C2CCOC2C1(C)C. The molecule has 1 saturated heterocycles. The number of hydrogen-bond acceptors (Lipinski definition) is 4. The molecule has 2 heterocycles. The lowest BCUT2D eigenvalue weighted by Crippen LogP contribution is -2.77. The van der Waals surface area contributed by atoms with Crippen molar-refractivity contribution in [1.29, 1.82) is 0 Å². The number of hydrogen-bond donors (Lipinski definition) is 2. The van der Waals surface area contributed by atoms with Crippen LogP contribution < -0.4 is 11.1 Å². The first-order valence-corrected chi connectivity index (χ1v) is 8.55. The summed E-state index contributed by atoms with van der Waals surface area (Å²) in [5.74, 6) is 0.527. The lowest BCUT2D eigenvalue weighted by Gasteiger charge is -2.62. The van der Waals surface area contributed by atoms with Crippen molar-refractivity contribution in [3.05, 3.63) is 21.9 Å². The standard InChI is InChI=1S/C16H26N2OS/c1-4-11-6-8-20-13(11)9-18-10-16(17)12-5-7-19-14(12)15(16,2)3/h6,8,12,14,18H,4-5,7,9-10,17H2,1-3H3. The van der Waals surface area contributed by atoms with Crippen LogP contribution in [0.4, 0.5) is 0 Å². The normalized spacial score (nSPS) is 34.8. The molecule has 20 heavy (non-hydrogen) atoms. The molecule has 0 aromatic carbocycles. The van der Waals surface area contributed by atoms with Gasteiger partial charge in [-0.3, -0.25) is 0 Å². The molecule has 2 fully saturated rings. The minimum atomic E-state index is -0.127. The maximum absolute atomic E-state index is 6.74. The molecular weight excluding hydrogens is 268 g/mol. The second-order valence-electron chi connectivity index (χ2n) is 6.77. The zero-order valence-corrected chi connectivity index (χ0v) is 13.6. The molecular formula is C16H26N2OS. The van der Waals surface area contributed by atoms with Crippen molar-refractivity contribution in [3.8, 4) is 0 Å². The van der Waals surface area contributed by atoms with Gasteiger partial charge in [0.2, 0.25) is 0 Å². The molecule has 0 amide bonds. The molecule has 1 aromatic heterocycles. The quantitative estimate of drug-likeness (QED) is 0.877. The van der Waals surface area contributed by atoms with E-state index in [9.17, 15) is 0 Å². The Balaban J connectivity index is 1.61. The van der Waals surface area contributed by atoms with Crippen molar-refractivity contribution in [1.82, 2.24) is 5.32 Å². The summed E-state index contributed by atoms with van der Waals surface area (Å²) in [4.78, 5) is 1.45. The van der Waals surface area contributed by atoms with E-state index in [-0.39, 0.29) is 11.0 Å². The largest absolute Gasteiger partial charge is 0.377 e. The highest BCUT2D eigenvalue weighted by Gasteiger charge is 2.67. The van der Waals surface area contributed by atoms with Crippen molar-refractivity contribution in [3.63, 3.8) is 0 Å². The Morgan fingerprint density at radius 1 is 1.50 bits per heavy atom. The monoisotopic (exact) mass is 294 g/mol. The Morgan fingerprint density at radius 3 is 3.05 bits per heavy atom. The highest BCUT2D eigenvalue weighted by molar-refractivity contribution is 7.10. The first kappa shape index (κ1) is 14.5. The summed E-state index contributed by atoms with van der Waals surface area (Å²) in [6, 6.07) is 2.23. The molecule has 4 heteroatoms. The van der Waals surface area contributed by atoms with Gasteiger partial charge < -0.3 is 15.8 Å². The fraction of sp³-hybridized carbons (Fsp3) is 0.750. The molecule has 3 nitrogen and oxygen atoms in total. The molecule has 3 atom stereocenters. The fourth-order valence-electron chi connectivity index (χ4n) is 4.05. The molecule has 3 unspecified atom stereocenters. The van der Waals surface area contributed by atoms with Crippen LogP contribution in [0.2, 0.25) is 0 Å². The topological polar surface area (TPSA) is 47.3 Å². The van der Waals surface area contributed by atoms with E-state index < -0.39 is 0 Å². The van der Waals surface area contributed by atoms with Crippen molar-refractivity contribution < 1.29 is 4.74 Å². The van der Waals surface area contributed by atoms with Gasteiger partial charge in [-0.25, -0.2) is 0 Å². The smallest absolute Gasteiger partial charge is 0.0691 e. The number of aryl methyl sites for hydroxylation is 1. The molecule has 112 valence electrons. The Labute approximate surface area is 125 Å². The van der Waals surface area contributed by atoms with Gasteiger partial charge in [0.05, 0.1) is 6.10 Å². The first-order valence-electron chi connectivity index (χ1n) is 7.67. The third kappa shape index (κ3) is 1.97. The molecule has 0 bridgehead atoms. The maximum atomic E-state index is 6.74. The van der Waals surface area contributed by atoms with Gasteiger partial charge in [0.15, 0.2) is 0 Å². The van der Waals surface area contributed by atoms with Crippen molar-refractivity contribution >= 4 is 11.3 Å². The summed E-state index contributed by atoms with van der Waals surface area (Å²) < 4.78 is 5.85. The highest BCUT2D eigenvalue weighted by atomic mass is 32.1. The minimum Gasteiger partial charge on any atom is -0.377 e. The Morgan fingerprint density at radius 2 is 2.30 bits per heavy atom. The van der Waals surface area contributed by atoms with E-state index in [4.69, 9.17) is 10.5 Å². The van der Waals surface area contributed by atoms with Gasteiger partial charge in [-0.05, 0) is 29.9 Å². The number of ether oxygens (including phenoxy) is 1. The lowest BCUT2D eigenvalue weighted by molar-refractivity contribution is -0.153. The molecule has 1 aromatic rings. The molecule has 0 spiro atoms. The average molecular weight is 294 g/mol. The number of fused-ring (bicyclic) bond motifs is 1. The van der Waals surface area contributed by atoms with Gasteiger partial charge in [0, 0.05) is 41.4 Å². The zero-order chi connectivity index (χ0) is 14.4. The number of rotatable bonds is 5. The predicted octanol–water partition coefficient (Wildman–Crippen LogP) is 2.54. The lowest BCUT2D eigenvalue weighted by atomic mass is 9.48. The van der Waals surface area contributed by atoms with Crippen LogP contribution in [0.15, 0.2) is 11.4 Å². The van der Waals surface area contributed by atoms with Crippen molar-refractivity contribution in [2.24, 2.45) is 17.1 Å². The summed E-state index contributed by atoms with van der Waals surface area (Å²) in [5.41, 5.74) is 8.14. The first-order chi connectivity index (χ1) is 9.50. The van der Waals surface area contributed by atoms with E-state index >= 15 is 0 Å². The Kier molecular flexibility index (Phi) is 3.70. The van der Waals surface area contributed by atoms with Gasteiger partial charge in [-0.15, -0.1) is 11.3 Å². The molecule has 0 radical (unpaired) electrons. The third-order valence-corrected chi connectivity index (χ3v) is 6.55. The summed E-state index contributed by atoms with van der Waals surface area (Å²) in [6.45, 7) is 9.42. The van der Waals surface area contributed by atoms with Crippen LogP contribution in [-0.2, 0) is 17.7 Å². The van der Waals surface area contributed by atoms with Gasteiger partial charge >= 0.3 is 0 Å². The molecule has 1 aliphatic carbocycles. The van der Waals surface area contributed by atoms with Gasteiger partial charge in [-0.1, -0.05) is 20.8 Å². The number of thiophene rings is 1. The third-order valence-electron chi connectivity index (χ3n) is 5.59. The van der Waals surface area contributed by atoms with Crippen molar-refractivity contribution in [2.75, 3.05) is 13.2 Å². The second-order valence-corrected chi connectivity index (χ2v) is 7.78. The Hall–Kier alpha value is -0.420. The summed E-state index contributed by atoms with van der Waals surface area (Å²) in [6.07, 6.45) is 2.59. The average Bonchev–Trinajstić information content (AvgIpc) is 3.06. The fourth-order valence-corrected chi connectivity index (χ4v) is 5.00. The van der Waals surface area contributed by atoms with E-state index in [1.54, 1.807) is 0 Å².